The molecule has 6 aliphatic rings. The van der Waals surface area contributed by atoms with Crippen molar-refractivity contribution >= 4 is 5.91 Å². The molecule has 2 aromatic rings. The molecule has 6 fully saturated rings. The molecule has 0 aromatic heterocycles. The molecule has 41 heavy (non-hydrogen) atoms. The summed E-state index contributed by atoms with van der Waals surface area (Å²) in [4.78, 5) is 29.8. The molecule has 220 valence electrons. The molecule has 1 spiro atoms. The van der Waals surface area contributed by atoms with E-state index in [9.17, 15) is 4.79 Å². The van der Waals surface area contributed by atoms with Gasteiger partial charge in [-0.1, -0.05) is 44.2 Å². The monoisotopic (exact) mass is 562 g/mol. The van der Waals surface area contributed by atoms with Crippen molar-refractivity contribution in [1.82, 2.24) is 9.80 Å². The van der Waals surface area contributed by atoms with Gasteiger partial charge in [0.25, 0.3) is 5.91 Å². The van der Waals surface area contributed by atoms with Crippen LogP contribution in [0.2, 0.25) is 0 Å². The highest BCUT2D eigenvalue weighted by atomic mass is 17.3. The summed E-state index contributed by atoms with van der Waals surface area (Å²) in [6.07, 6.45) is 2.95. The molecule has 0 N–H and O–H groups in total. The summed E-state index contributed by atoms with van der Waals surface area (Å²) in [5.41, 5.74) is 1.38. The molecule has 5 aliphatic heterocycles. The Hall–Kier alpha value is -2.49. The average Bonchev–Trinajstić information content (AvgIpc) is 3.22. The third-order valence-corrected chi connectivity index (χ3v) is 10.4. The first-order chi connectivity index (χ1) is 19.8. The van der Waals surface area contributed by atoms with Crippen LogP contribution in [0.1, 0.15) is 62.4 Å². The van der Waals surface area contributed by atoms with Crippen molar-refractivity contribution in [1.29, 1.82) is 0 Å². The number of nitrogens with zero attached hydrogens (tertiary/aromatic N) is 2. The fraction of sp³-hybridized carbons (Fsp3) is 0.606. The van der Waals surface area contributed by atoms with E-state index in [4.69, 9.17) is 24.0 Å². The Morgan fingerprint density at radius 2 is 1.68 bits per heavy atom. The van der Waals surface area contributed by atoms with Crippen molar-refractivity contribution in [2.45, 2.75) is 77.0 Å². The van der Waals surface area contributed by atoms with Gasteiger partial charge in [0.2, 0.25) is 12.1 Å². The molecule has 0 unspecified atom stereocenters. The second kappa shape index (κ2) is 10.7. The lowest BCUT2D eigenvalue weighted by Gasteiger charge is -2.60. The molecule has 1 aliphatic carbocycles. The normalized spacial score (nSPS) is 38.7. The predicted molar refractivity (Wildman–Crippen MR) is 152 cm³/mol. The third kappa shape index (κ3) is 4.87. The number of amides is 1. The minimum atomic E-state index is -0.808. The Morgan fingerprint density at radius 1 is 0.927 bits per heavy atom. The van der Waals surface area contributed by atoms with Crippen LogP contribution in [0.15, 0.2) is 54.6 Å². The van der Waals surface area contributed by atoms with Gasteiger partial charge in [-0.2, -0.15) is 0 Å². The topological polar surface area (TPSA) is 69.7 Å². The van der Waals surface area contributed by atoms with Gasteiger partial charge in [-0.3, -0.25) is 9.69 Å². The van der Waals surface area contributed by atoms with Crippen molar-refractivity contribution in [3.8, 4) is 5.75 Å². The van der Waals surface area contributed by atoms with Gasteiger partial charge in [-0.05, 0) is 67.9 Å². The highest BCUT2D eigenvalue weighted by Gasteiger charge is 2.69. The van der Waals surface area contributed by atoms with Gasteiger partial charge in [0.1, 0.15) is 5.75 Å². The van der Waals surface area contributed by atoms with Crippen molar-refractivity contribution in [2.24, 2.45) is 23.7 Å². The van der Waals surface area contributed by atoms with Crippen LogP contribution in [0, 0.1) is 23.7 Å². The van der Waals surface area contributed by atoms with E-state index in [1.54, 1.807) is 0 Å². The van der Waals surface area contributed by atoms with E-state index in [1.807, 2.05) is 42.2 Å². The summed E-state index contributed by atoms with van der Waals surface area (Å²) in [6.45, 7) is 10.6. The molecule has 2 aromatic carbocycles. The third-order valence-electron chi connectivity index (χ3n) is 10.4. The molecule has 8 atom stereocenters. The fourth-order valence-electron chi connectivity index (χ4n) is 7.95. The molecule has 5 saturated heterocycles. The smallest absolute Gasteiger partial charge is 0.253 e. The summed E-state index contributed by atoms with van der Waals surface area (Å²) in [7, 11) is 0. The molecule has 8 rings (SSSR count). The Labute approximate surface area is 242 Å². The number of ether oxygens (including phenoxy) is 3. The minimum Gasteiger partial charge on any atom is -0.465 e. The number of benzene rings is 2. The first kappa shape index (κ1) is 27.3. The second-order valence-electron chi connectivity index (χ2n) is 13.0. The molecule has 0 radical (unpaired) electrons. The highest BCUT2D eigenvalue weighted by molar-refractivity contribution is 5.94. The van der Waals surface area contributed by atoms with Crippen LogP contribution in [0.4, 0.5) is 0 Å². The number of fused-ring (bicyclic) bond motifs is 2. The van der Waals surface area contributed by atoms with Crippen LogP contribution < -0.4 is 4.74 Å². The van der Waals surface area contributed by atoms with Crippen molar-refractivity contribution in [3.05, 3.63) is 65.7 Å². The summed E-state index contributed by atoms with van der Waals surface area (Å²) >= 11 is 0. The average molecular weight is 563 g/mol. The quantitative estimate of drug-likeness (QED) is 0.462. The van der Waals surface area contributed by atoms with Crippen LogP contribution in [-0.2, 0) is 25.8 Å². The molecule has 2 bridgehead atoms. The number of piperazine rings is 1. The fourth-order valence-corrected chi connectivity index (χ4v) is 7.95. The van der Waals surface area contributed by atoms with E-state index in [0.29, 0.717) is 23.1 Å². The first-order valence-corrected chi connectivity index (χ1v) is 15.4. The van der Waals surface area contributed by atoms with Crippen LogP contribution in [0.25, 0.3) is 0 Å². The molecular weight excluding hydrogens is 520 g/mol. The van der Waals surface area contributed by atoms with E-state index in [1.165, 1.54) is 5.56 Å². The maximum Gasteiger partial charge on any atom is 0.253 e. The summed E-state index contributed by atoms with van der Waals surface area (Å²) in [5.74, 6) is 1.08. The van der Waals surface area contributed by atoms with E-state index in [-0.39, 0.29) is 17.7 Å². The van der Waals surface area contributed by atoms with Crippen molar-refractivity contribution in [3.63, 3.8) is 0 Å². The summed E-state index contributed by atoms with van der Waals surface area (Å²) in [5, 5.41) is 0. The molecule has 1 amide bonds. The van der Waals surface area contributed by atoms with Gasteiger partial charge in [-0.15, -0.1) is 0 Å². The number of carbonyl (C=O) groups is 1. The van der Waals surface area contributed by atoms with E-state index >= 15 is 0 Å². The number of rotatable bonds is 5. The van der Waals surface area contributed by atoms with Gasteiger partial charge in [-0.25, -0.2) is 9.78 Å². The Bertz CT molecular complexity index is 1230. The summed E-state index contributed by atoms with van der Waals surface area (Å²) < 4.78 is 19.4. The zero-order valence-electron chi connectivity index (χ0n) is 24.4. The lowest BCUT2D eigenvalue weighted by atomic mass is 9.58. The minimum absolute atomic E-state index is 0.0655. The van der Waals surface area contributed by atoms with Crippen LogP contribution in [-0.4, -0.2) is 65.9 Å². The maximum absolute atomic E-state index is 13.3. The van der Waals surface area contributed by atoms with E-state index < -0.39 is 24.0 Å². The lowest BCUT2D eigenvalue weighted by molar-refractivity contribution is -0.575. The van der Waals surface area contributed by atoms with Gasteiger partial charge in [0.15, 0.2) is 11.9 Å². The highest BCUT2D eigenvalue weighted by Crippen LogP contribution is 2.60. The summed E-state index contributed by atoms with van der Waals surface area (Å²) in [6, 6.07) is 18.0. The molecule has 5 heterocycles. The Balaban J connectivity index is 0.996. The standard InChI is InChI=1S/C33H42N2O6/c1-22-9-14-28-23(2)30(38-31-33(28)27(22)15-16-32(3,39-31)40-41-33)37-26-12-10-25(11-13-26)29(36)35-19-17-34(18-20-35)21-24-7-5-4-6-8-24/h4-8,10-13,22-23,27-28,30-31H,9,14-21H2,1-3H3/t22-,23-,27+,28+,30+,31-,32-,33-/m1/s1. The largest absolute Gasteiger partial charge is 0.465 e. The van der Waals surface area contributed by atoms with E-state index in [0.717, 1.165) is 58.4 Å². The van der Waals surface area contributed by atoms with Crippen LogP contribution in [0.3, 0.4) is 0 Å². The Morgan fingerprint density at radius 3 is 2.44 bits per heavy atom. The van der Waals surface area contributed by atoms with Crippen LogP contribution in [0.5, 0.6) is 5.75 Å². The van der Waals surface area contributed by atoms with Crippen molar-refractivity contribution < 1.29 is 28.8 Å². The van der Waals surface area contributed by atoms with Crippen molar-refractivity contribution in [2.75, 3.05) is 26.2 Å². The molecule has 8 heteroatoms. The molecule has 8 nitrogen and oxygen atoms in total. The molecule has 1 saturated carbocycles. The van der Waals surface area contributed by atoms with Gasteiger partial charge in [0.05, 0.1) is 0 Å². The lowest BCUT2D eigenvalue weighted by Crippen LogP contribution is -2.70. The second-order valence-corrected chi connectivity index (χ2v) is 13.0. The van der Waals surface area contributed by atoms with Gasteiger partial charge >= 0.3 is 0 Å². The predicted octanol–water partition coefficient (Wildman–Crippen LogP) is 5.23. The first-order valence-electron chi connectivity index (χ1n) is 15.4. The van der Waals surface area contributed by atoms with Crippen LogP contribution >= 0.6 is 0 Å². The molecular formula is C33H42N2O6. The number of hydrogen-bond donors (Lipinski definition) is 0. The number of carbonyl (C=O) groups excluding carboxylic acids is 1. The zero-order chi connectivity index (χ0) is 28.2. The number of hydrogen-bond acceptors (Lipinski definition) is 7. The SMILES string of the molecule is C[C@H]1[C@@H](Oc2ccc(C(=O)N3CCN(Cc4ccccc4)CC3)cc2)O[C@@H]2O[C@@]3(C)CC[C@H]4[C@H](C)CC[C@@H]1[C@@]24OO3. The van der Waals surface area contributed by atoms with Gasteiger partial charge in [0, 0.05) is 56.5 Å². The Kier molecular flexibility index (Phi) is 7.11. The van der Waals surface area contributed by atoms with Gasteiger partial charge < -0.3 is 19.1 Å². The zero-order valence-corrected chi connectivity index (χ0v) is 24.4. The van der Waals surface area contributed by atoms with E-state index in [2.05, 4.69) is 43.0 Å². The maximum atomic E-state index is 13.3.